The number of benzene rings is 3. The summed E-state index contributed by atoms with van der Waals surface area (Å²) in [6, 6.07) is 26.8. The highest BCUT2D eigenvalue weighted by Gasteiger charge is 2.36. The molecule has 0 aliphatic heterocycles. The topological polar surface area (TPSA) is 15.6 Å². The van der Waals surface area contributed by atoms with Gasteiger partial charge in [-0.25, -0.2) is 5.01 Å². The molecule has 3 aromatic rings. The van der Waals surface area contributed by atoms with Gasteiger partial charge in [-0.15, -0.1) is 0 Å². The highest BCUT2D eigenvalue weighted by atomic mass is 19.4. The van der Waals surface area contributed by atoms with Crippen LogP contribution in [-0.4, -0.2) is 11.9 Å². The monoisotopic (exact) mass is 368 g/mol. The van der Waals surface area contributed by atoms with E-state index >= 15 is 0 Å². The van der Waals surface area contributed by atoms with E-state index in [1.165, 1.54) is 5.01 Å². The van der Waals surface area contributed by atoms with Crippen molar-refractivity contribution < 1.29 is 13.2 Å². The predicted octanol–water partition coefficient (Wildman–Crippen LogP) is 6.38. The maximum atomic E-state index is 13.7. The number of para-hydroxylation sites is 2. The molecule has 0 saturated heterocycles. The Morgan fingerprint density at radius 3 is 1.59 bits per heavy atom. The van der Waals surface area contributed by atoms with Crippen LogP contribution in [0.25, 0.3) is 0 Å². The van der Waals surface area contributed by atoms with Crippen molar-refractivity contribution in [3.8, 4) is 0 Å². The van der Waals surface area contributed by atoms with Crippen LogP contribution in [0.1, 0.15) is 12.0 Å². The number of alkyl halides is 3. The van der Waals surface area contributed by atoms with Crippen LogP contribution in [0.5, 0.6) is 0 Å². The largest absolute Gasteiger partial charge is 0.431 e. The molecule has 138 valence electrons. The number of hydrogen-bond donors (Lipinski definition) is 0. The minimum Gasteiger partial charge on any atom is -0.234 e. The third-order valence-corrected chi connectivity index (χ3v) is 4.04. The number of halogens is 3. The second-order valence-corrected chi connectivity index (χ2v) is 6.01. The molecular formula is C22H19F3N2. The molecule has 0 aliphatic rings. The lowest BCUT2D eigenvalue weighted by Crippen LogP contribution is -2.27. The summed E-state index contributed by atoms with van der Waals surface area (Å²) in [4.78, 5) is 0. The quantitative estimate of drug-likeness (QED) is 0.364. The van der Waals surface area contributed by atoms with Crippen molar-refractivity contribution in [2.45, 2.75) is 19.0 Å². The van der Waals surface area contributed by atoms with Gasteiger partial charge in [-0.1, -0.05) is 66.7 Å². The van der Waals surface area contributed by atoms with Gasteiger partial charge in [0.15, 0.2) is 0 Å². The molecule has 0 unspecified atom stereocenters. The average molecular weight is 368 g/mol. The van der Waals surface area contributed by atoms with Gasteiger partial charge in [0.2, 0.25) is 0 Å². The van der Waals surface area contributed by atoms with Crippen LogP contribution in [0.2, 0.25) is 0 Å². The van der Waals surface area contributed by atoms with Crippen LogP contribution in [0, 0.1) is 0 Å². The molecule has 0 aliphatic carbocycles. The smallest absolute Gasteiger partial charge is 0.234 e. The number of nitrogens with zero attached hydrogens (tertiary/aromatic N) is 2. The average Bonchev–Trinajstić information content (AvgIpc) is 2.69. The lowest BCUT2D eigenvalue weighted by molar-refractivity contribution is -0.0606. The molecule has 3 rings (SSSR count). The van der Waals surface area contributed by atoms with Gasteiger partial charge >= 0.3 is 6.18 Å². The summed E-state index contributed by atoms with van der Waals surface area (Å²) in [5.41, 5.74) is 1.19. The highest BCUT2D eigenvalue weighted by molar-refractivity contribution is 5.91. The zero-order valence-corrected chi connectivity index (χ0v) is 14.6. The Balaban J connectivity index is 1.96. The Morgan fingerprint density at radius 2 is 1.15 bits per heavy atom. The normalized spacial score (nSPS) is 12.0. The van der Waals surface area contributed by atoms with Crippen LogP contribution in [0.3, 0.4) is 0 Å². The molecule has 0 amide bonds. The predicted molar refractivity (Wildman–Crippen MR) is 103 cm³/mol. The summed E-state index contributed by atoms with van der Waals surface area (Å²) in [7, 11) is 0. The van der Waals surface area contributed by atoms with Gasteiger partial charge in [-0.05, 0) is 36.2 Å². The van der Waals surface area contributed by atoms with Crippen molar-refractivity contribution in [1.82, 2.24) is 0 Å². The molecule has 3 aromatic carbocycles. The van der Waals surface area contributed by atoms with Gasteiger partial charge in [0, 0.05) is 6.42 Å². The van der Waals surface area contributed by atoms with Crippen LogP contribution in [0.4, 0.5) is 24.5 Å². The molecule has 27 heavy (non-hydrogen) atoms. The van der Waals surface area contributed by atoms with E-state index in [1.54, 1.807) is 48.5 Å². The third-order valence-electron chi connectivity index (χ3n) is 4.04. The molecule has 0 bridgehead atoms. The summed E-state index contributed by atoms with van der Waals surface area (Å²) < 4.78 is 41.0. The van der Waals surface area contributed by atoms with Crippen molar-refractivity contribution in [2.24, 2.45) is 5.10 Å². The first-order chi connectivity index (χ1) is 13.0. The SMILES string of the molecule is FC(F)(F)/C(CCc1ccccc1)=N/N(c1ccccc1)c1ccccc1. The Labute approximate surface area is 156 Å². The first-order valence-corrected chi connectivity index (χ1v) is 8.63. The Morgan fingerprint density at radius 1 is 0.704 bits per heavy atom. The summed E-state index contributed by atoms with van der Waals surface area (Å²) in [5, 5.41) is 5.37. The van der Waals surface area contributed by atoms with Gasteiger partial charge in [0.25, 0.3) is 0 Å². The van der Waals surface area contributed by atoms with E-state index < -0.39 is 11.9 Å². The molecule has 0 atom stereocenters. The van der Waals surface area contributed by atoms with E-state index in [2.05, 4.69) is 5.10 Å². The minimum absolute atomic E-state index is 0.191. The van der Waals surface area contributed by atoms with Crippen molar-refractivity contribution in [3.63, 3.8) is 0 Å². The fraction of sp³-hybridized carbons (Fsp3) is 0.136. The van der Waals surface area contributed by atoms with E-state index in [-0.39, 0.29) is 12.8 Å². The molecule has 0 saturated carbocycles. The zero-order valence-electron chi connectivity index (χ0n) is 14.6. The lowest BCUT2D eigenvalue weighted by Gasteiger charge is -2.22. The molecule has 0 N–H and O–H groups in total. The molecular weight excluding hydrogens is 349 g/mol. The molecule has 0 spiro atoms. The van der Waals surface area contributed by atoms with Gasteiger partial charge in [0.05, 0.1) is 11.4 Å². The van der Waals surface area contributed by atoms with E-state index in [0.717, 1.165) is 5.56 Å². The standard InChI is InChI=1S/C22H19F3N2/c23-22(24,25)21(17-16-18-10-4-1-5-11-18)26-27(19-12-6-2-7-13-19)20-14-8-3-9-15-20/h1-15H,16-17H2/b26-21+. The number of rotatable bonds is 6. The summed E-state index contributed by atoms with van der Waals surface area (Å²) in [6.45, 7) is 0. The Kier molecular flexibility index (Phi) is 5.91. The van der Waals surface area contributed by atoms with E-state index in [4.69, 9.17) is 0 Å². The molecule has 0 fully saturated rings. The summed E-state index contributed by atoms with van der Waals surface area (Å²) in [5.74, 6) is 0. The van der Waals surface area contributed by atoms with Crippen molar-refractivity contribution >= 4 is 17.1 Å². The van der Waals surface area contributed by atoms with Crippen LogP contribution >= 0.6 is 0 Å². The molecule has 2 nitrogen and oxygen atoms in total. The Bertz CT molecular complexity index is 821. The minimum atomic E-state index is -4.50. The fourth-order valence-corrected chi connectivity index (χ4v) is 2.68. The second-order valence-electron chi connectivity index (χ2n) is 6.01. The summed E-state index contributed by atoms with van der Waals surface area (Å²) in [6.07, 6.45) is -4.42. The van der Waals surface area contributed by atoms with E-state index in [1.807, 2.05) is 42.5 Å². The van der Waals surface area contributed by atoms with E-state index in [0.29, 0.717) is 11.4 Å². The van der Waals surface area contributed by atoms with Gasteiger partial charge < -0.3 is 0 Å². The first-order valence-electron chi connectivity index (χ1n) is 8.63. The maximum Gasteiger partial charge on any atom is 0.431 e. The fourth-order valence-electron chi connectivity index (χ4n) is 2.68. The van der Waals surface area contributed by atoms with Gasteiger partial charge in [-0.3, -0.25) is 0 Å². The number of anilines is 2. The first kappa shape index (κ1) is 18.7. The second kappa shape index (κ2) is 8.54. The molecule has 0 heterocycles. The number of hydrogen-bond acceptors (Lipinski definition) is 2. The van der Waals surface area contributed by atoms with Crippen LogP contribution in [0.15, 0.2) is 96.1 Å². The molecule has 0 aromatic heterocycles. The molecule has 5 heteroatoms. The zero-order chi connectivity index (χ0) is 19.1. The van der Waals surface area contributed by atoms with Gasteiger partial charge in [0.1, 0.15) is 5.71 Å². The lowest BCUT2D eigenvalue weighted by atomic mass is 10.1. The molecule has 0 radical (unpaired) electrons. The van der Waals surface area contributed by atoms with Crippen molar-refractivity contribution in [2.75, 3.05) is 5.01 Å². The van der Waals surface area contributed by atoms with E-state index in [9.17, 15) is 13.2 Å². The summed E-state index contributed by atoms with van der Waals surface area (Å²) >= 11 is 0. The van der Waals surface area contributed by atoms with Gasteiger partial charge in [-0.2, -0.15) is 18.3 Å². The Hall–Kier alpha value is -3.08. The highest BCUT2D eigenvalue weighted by Crippen LogP contribution is 2.29. The van der Waals surface area contributed by atoms with Crippen molar-refractivity contribution in [3.05, 3.63) is 96.6 Å². The third kappa shape index (κ3) is 5.20. The number of aryl methyl sites for hydroxylation is 1. The maximum absolute atomic E-state index is 13.7. The van der Waals surface area contributed by atoms with Crippen LogP contribution < -0.4 is 5.01 Å². The number of hydrazone groups is 1. The van der Waals surface area contributed by atoms with Crippen LogP contribution in [-0.2, 0) is 6.42 Å². The van der Waals surface area contributed by atoms with Crippen molar-refractivity contribution in [1.29, 1.82) is 0 Å².